The van der Waals surface area contributed by atoms with Crippen molar-refractivity contribution in [3.8, 4) is 0 Å². The first-order valence-electron chi connectivity index (χ1n) is 4.98. The first-order valence-corrected chi connectivity index (χ1v) is 4.98. The van der Waals surface area contributed by atoms with Gasteiger partial charge in [0, 0.05) is 6.20 Å². The molecule has 0 bridgehead atoms. The van der Waals surface area contributed by atoms with Crippen molar-refractivity contribution in [2.75, 3.05) is 7.11 Å². The van der Waals surface area contributed by atoms with E-state index in [0.717, 1.165) is 4.90 Å². The quantitative estimate of drug-likeness (QED) is 0.541. The summed E-state index contributed by atoms with van der Waals surface area (Å²) >= 11 is 0. The van der Waals surface area contributed by atoms with Gasteiger partial charge in [0.25, 0.3) is 11.8 Å². The highest BCUT2D eigenvalue weighted by atomic mass is 16.5. The summed E-state index contributed by atoms with van der Waals surface area (Å²) in [6, 6.07) is 2.12. The van der Waals surface area contributed by atoms with Crippen molar-refractivity contribution in [1.82, 2.24) is 9.88 Å². The van der Waals surface area contributed by atoms with Crippen LogP contribution in [0.2, 0.25) is 0 Å². The minimum Gasteiger partial charge on any atom is -0.467 e. The van der Waals surface area contributed by atoms with Crippen LogP contribution in [0.5, 0.6) is 0 Å². The van der Waals surface area contributed by atoms with Gasteiger partial charge in [-0.05, 0) is 19.1 Å². The molecule has 1 aliphatic heterocycles. The van der Waals surface area contributed by atoms with Crippen LogP contribution < -0.4 is 0 Å². The number of amides is 2. The highest BCUT2D eigenvalue weighted by Gasteiger charge is 2.42. The van der Waals surface area contributed by atoms with Crippen LogP contribution in [-0.4, -0.2) is 40.8 Å². The summed E-state index contributed by atoms with van der Waals surface area (Å²) in [5.41, 5.74) is 0.293. The third-order valence-corrected chi connectivity index (χ3v) is 2.61. The van der Waals surface area contributed by atoms with Gasteiger partial charge in [-0.15, -0.1) is 0 Å². The van der Waals surface area contributed by atoms with E-state index >= 15 is 0 Å². The average molecular weight is 234 g/mol. The standard InChI is InChI=1S/C11H10N2O4/c1-6(11(16)17-2)13-9(14)7-4-3-5-12-8(7)10(13)15/h3-6H,1-2H3/t6-/m0/s1. The van der Waals surface area contributed by atoms with E-state index in [1.54, 1.807) is 6.07 Å². The lowest BCUT2D eigenvalue weighted by atomic mass is 10.2. The van der Waals surface area contributed by atoms with E-state index in [1.165, 1.54) is 26.3 Å². The molecule has 2 rings (SSSR count). The maximum atomic E-state index is 11.9. The lowest BCUT2D eigenvalue weighted by molar-refractivity contribution is -0.144. The topological polar surface area (TPSA) is 76.6 Å². The van der Waals surface area contributed by atoms with Crippen LogP contribution in [-0.2, 0) is 9.53 Å². The third kappa shape index (κ3) is 1.57. The molecule has 0 spiro atoms. The van der Waals surface area contributed by atoms with Crippen molar-refractivity contribution in [2.24, 2.45) is 0 Å². The monoisotopic (exact) mass is 234 g/mol. The molecule has 2 amide bonds. The summed E-state index contributed by atoms with van der Waals surface area (Å²) in [5.74, 6) is -1.72. The molecular weight excluding hydrogens is 224 g/mol. The van der Waals surface area contributed by atoms with Crippen molar-refractivity contribution in [1.29, 1.82) is 0 Å². The minimum atomic E-state index is -0.950. The second-order valence-corrected chi connectivity index (χ2v) is 3.58. The number of esters is 1. The third-order valence-electron chi connectivity index (χ3n) is 2.61. The molecule has 0 unspecified atom stereocenters. The maximum Gasteiger partial charge on any atom is 0.328 e. The lowest BCUT2D eigenvalue weighted by Crippen LogP contribution is -2.43. The van der Waals surface area contributed by atoms with Gasteiger partial charge in [-0.1, -0.05) is 0 Å². The molecule has 1 aliphatic rings. The van der Waals surface area contributed by atoms with Crippen molar-refractivity contribution < 1.29 is 19.1 Å². The van der Waals surface area contributed by atoms with E-state index in [9.17, 15) is 14.4 Å². The van der Waals surface area contributed by atoms with E-state index in [-0.39, 0.29) is 11.3 Å². The van der Waals surface area contributed by atoms with Crippen LogP contribution >= 0.6 is 0 Å². The molecule has 0 radical (unpaired) electrons. The number of imide groups is 1. The summed E-state index contributed by atoms with van der Waals surface area (Å²) in [4.78, 5) is 39.9. The van der Waals surface area contributed by atoms with E-state index < -0.39 is 23.8 Å². The number of carbonyl (C=O) groups excluding carboxylic acids is 3. The number of methoxy groups -OCH3 is 1. The van der Waals surface area contributed by atoms with E-state index in [1.807, 2.05) is 0 Å². The van der Waals surface area contributed by atoms with Gasteiger partial charge >= 0.3 is 5.97 Å². The number of nitrogens with zero attached hydrogens (tertiary/aromatic N) is 2. The predicted molar refractivity (Wildman–Crippen MR) is 56.2 cm³/mol. The van der Waals surface area contributed by atoms with Crippen LogP contribution in [0, 0.1) is 0 Å². The molecule has 1 aromatic rings. The molecule has 0 saturated heterocycles. The van der Waals surface area contributed by atoms with Gasteiger partial charge < -0.3 is 4.74 Å². The highest BCUT2D eigenvalue weighted by Crippen LogP contribution is 2.22. The molecule has 6 nitrogen and oxygen atoms in total. The Kier molecular flexibility index (Phi) is 2.63. The molecule has 0 saturated carbocycles. The summed E-state index contributed by atoms with van der Waals surface area (Å²) in [6.45, 7) is 1.44. The van der Waals surface area contributed by atoms with Crippen molar-refractivity contribution >= 4 is 17.8 Å². The first kappa shape index (κ1) is 11.3. The Balaban J connectivity index is 2.40. The number of hydrogen-bond donors (Lipinski definition) is 0. The maximum absolute atomic E-state index is 11.9. The molecule has 0 aromatic carbocycles. The Hall–Kier alpha value is -2.24. The van der Waals surface area contributed by atoms with Crippen molar-refractivity contribution in [3.63, 3.8) is 0 Å². The summed E-state index contributed by atoms with van der Waals surface area (Å²) < 4.78 is 4.51. The summed E-state index contributed by atoms with van der Waals surface area (Å²) in [5, 5.41) is 0. The summed E-state index contributed by atoms with van der Waals surface area (Å²) in [7, 11) is 1.20. The Morgan fingerprint density at radius 3 is 2.71 bits per heavy atom. The van der Waals surface area contributed by atoms with Gasteiger partial charge in [-0.3, -0.25) is 19.5 Å². The van der Waals surface area contributed by atoms with Gasteiger partial charge in [0.05, 0.1) is 12.7 Å². The first-order chi connectivity index (χ1) is 8.07. The number of pyridine rings is 1. The van der Waals surface area contributed by atoms with E-state index in [4.69, 9.17) is 0 Å². The lowest BCUT2D eigenvalue weighted by Gasteiger charge is -2.19. The Morgan fingerprint density at radius 2 is 2.12 bits per heavy atom. The summed E-state index contributed by atoms with van der Waals surface area (Å²) in [6.07, 6.45) is 1.43. The number of aromatic nitrogens is 1. The van der Waals surface area contributed by atoms with Crippen LogP contribution in [0.15, 0.2) is 18.3 Å². The van der Waals surface area contributed by atoms with Gasteiger partial charge in [0.15, 0.2) is 0 Å². The van der Waals surface area contributed by atoms with Gasteiger partial charge in [-0.25, -0.2) is 4.79 Å². The molecule has 1 aromatic heterocycles. The van der Waals surface area contributed by atoms with Gasteiger partial charge in [0.2, 0.25) is 0 Å². The zero-order valence-corrected chi connectivity index (χ0v) is 9.34. The van der Waals surface area contributed by atoms with E-state index in [0.29, 0.717) is 0 Å². The minimum absolute atomic E-state index is 0.0771. The second kappa shape index (κ2) is 3.97. The predicted octanol–water partition coefficient (Wildman–Crippen LogP) is 0.239. The van der Waals surface area contributed by atoms with Gasteiger partial charge in [-0.2, -0.15) is 0 Å². The fraction of sp³-hybridized carbons (Fsp3) is 0.273. The SMILES string of the molecule is COC(=O)[C@H](C)N1C(=O)c2cccnc2C1=O. The molecule has 0 aliphatic carbocycles. The van der Waals surface area contributed by atoms with Crippen molar-refractivity contribution in [3.05, 3.63) is 29.6 Å². The van der Waals surface area contributed by atoms with Crippen LogP contribution in [0.4, 0.5) is 0 Å². The van der Waals surface area contributed by atoms with Crippen molar-refractivity contribution in [2.45, 2.75) is 13.0 Å². The number of rotatable bonds is 2. The largest absolute Gasteiger partial charge is 0.467 e. The zero-order chi connectivity index (χ0) is 12.6. The van der Waals surface area contributed by atoms with Crippen LogP contribution in [0.3, 0.4) is 0 Å². The second-order valence-electron chi connectivity index (χ2n) is 3.58. The molecule has 2 heterocycles. The normalized spacial score (nSPS) is 15.8. The van der Waals surface area contributed by atoms with Crippen LogP contribution in [0.1, 0.15) is 27.8 Å². The Bertz CT molecular complexity index is 477. The fourth-order valence-electron chi connectivity index (χ4n) is 1.71. The molecule has 17 heavy (non-hydrogen) atoms. The molecule has 88 valence electrons. The zero-order valence-electron chi connectivity index (χ0n) is 9.34. The molecule has 0 N–H and O–H groups in total. The Labute approximate surface area is 97.2 Å². The number of hydrogen-bond acceptors (Lipinski definition) is 5. The number of fused-ring (bicyclic) bond motifs is 1. The van der Waals surface area contributed by atoms with Crippen LogP contribution in [0.25, 0.3) is 0 Å². The number of ether oxygens (including phenoxy) is 1. The molecular formula is C11H10N2O4. The number of carbonyl (C=O) groups is 3. The average Bonchev–Trinajstić information content (AvgIpc) is 2.61. The Morgan fingerprint density at radius 1 is 1.41 bits per heavy atom. The smallest absolute Gasteiger partial charge is 0.328 e. The van der Waals surface area contributed by atoms with E-state index in [2.05, 4.69) is 9.72 Å². The van der Waals surface area contributed by atoms with Gasteiger partial charge in [0.1, 0.15) is 11.7 Å². The molecule has 0 fully saturated rings. The molecule has 6 heteroatoms. The highest BCUT2D eigenvalue weighted by molar-refractivity contribution is 6.21. The molecule has 1 atom stereocenters. The fourth-order valence-corrected chi connectivity index (χ4v) is 1.71.